The Hall–Kier alpha value is -0.350. The van der Waals surface area contributed by atoms with Crippen LogP contribution in [0.15, 0.2) is 40.2 Å². The SMILES string of the molecule is CNC(Cc1ccccc1)c1cc(Cl)c(Br)s1. The fourth-order valence-electron chi connectivity index (χ4n) is 1.73. The molecule has 1 N–H and O–H groups in total. The standard InChI is InChI=1S/C13H13BrClNS/c1-16-11(7-9-5-3-2-4-6-9)12-8-10(15)13(14)17-12/h2-6,8,11,16H,7H2,1H3. The summed E-state index contributed by atoms with van der Waals surface area (Å²) in [5, 5.41) is 4.13. The van der Waals surface area contributed by atoms with Crippen molar-refractivity contribution in [2.24, 2.45) is 0 Å². The van der Waals surface area contributed by atoms with Crippen LogP contribution in [0.2, 0.25) is 5.02 Å². The third-order valence-corrected chi connectivity index (χ3v) is 5.23. The summed E-state index contributed by atoms with van der Waals surface area (Å²) < 4.78 is 1.00. The maximum Gasteiger partial charge on any atom is 0.0887 e. The van der Waals surface area contributed by atoms with E-state index in [2.05, 4.69) is 45.5 Å². The summed E-state index contributed by atoms with van der Waals surface area (Å²) in [6.45, 7) is 0. The monoisotopic (exact) mass is 329 g/mol. The van der Waals surface area contributed by atoms with Crippen LogP contribution < -0.4 is 5.32 Å². The second-order valence-electron chi connectivity index (χ2n) is 3.80. The number of benzene rings is 1. The number of hydrogen-bond donors (Lipinski definition) is 1. The normalized spacial score (nSPS) is 12.6. The second-order valence-corrected chi connectivity index (χ2v) is 6.61. The third-order valence-electron chi connectivity index (χ3n) is 2.64. The lowest BCUT2D eigenvalue weighted by atomic mass is 10.1. The van der Waals surface area contributed by atoms with E-state index in [9.17, 15) is 0 Å². The van der Waals surface area contributed by atoms with Gasteiger partial charge >= 0.3 is 0 Å². The summed E-state index contributed by atoms with van der Waals surface area (Å²) in [6, 6.07) is 12.8. The first kappa shape index (κ1) is 13.1. The Bertz CT molecular complexity index is 464. The first-order valence-electron chi connectivity index (χ1n) is 5.36. The van der Waals surface area contributed by atoms with Crippen molar-refractivity contribution in [1.29, 1.82) is 0 Å². The van der Waals surface area contributed by atoms with Gasteiger partial charge in [-0.15, -0.1) is 11.3 Å². The minimum Gasteiger partial charge on any atom is -0.312 e. The number of rotatable bonds is 4. The van der Waals surface area contributed by atoms with Crippen LogP contribution in [-0.2, 0) is 6.42 Å². The van der Waals surface area contributed by atoms with Crippen molar-refractivity contribution >= 4 is 38.9 Å². The lowest BCUT2D eigenvalue weighted by Crippen LogP contribution is -2.17. The van der Waals surface area contributed by atoms with Crippen molar-refractivity contribution in [2.45, 2.75) is 12.5 Å². The van der Waals surface area contributed by atoms with Crippen molar-refractivity contribution in [2.75, 3.05) is 7.05 Å². The molecule has 1 atom stereocenters. The molecule has 17 heavy (non-hydrogen) atoms. The lowest BCUT2D eigenvalue weighted by molar-refractivity contribution is 0.602. The minimum absolute atomic E-state index is 0.311. The summed E-state index contributed by atoms with van der Waals surface area (Å²) in [6.07, 6.45) is 0.973. The summed E-state index contributed by atoms with van der Waals surface area (Å²) >= 11 is 11.2. The van der Waals surface area contributed by atoms with Crippen LogP contribution in [0.1, 0.15) is 16.5 Å². The molecular formula is C13H13BrClNS. The van der Waals surface area contributed by atoms with Crippen molar-refractivity contribution in [3.8, 4) is 0 Å². The molecule has 0 amide bonds. The maximum absolute atomic E-state index is 6.07. The van der Waals surface area contributed by atoms with E-state index in [1.165, 1.54) is 10.4 Å². The molecule has 0 fully saturated rings. The topological polar surface area (TPSA) is 12.0 Å². The molecule has 0 bridgehead atoms. The van der Waals surface area contributed by atoms with Gasteiger partial charge in [-0.2, -0.15) is 0 Å². The van der Waals surface area contributed by atoms with Gasteiger partial charge in [0.05, 0.1) is 8.81 Å². The zero-order valence-corrected chi connectivity index (χ0v) is 12.6. The fourth-order valence-corrected chi connectivity index (χ4v) is 3.59. The van der Waals surface area contributed by atoms with Gasteiger partial charge in [0.2, 0.25) is 0 Å². The largest absolute Gasteiger partial charge is 0.312 e. The number of likely N-dealkylation sites (N-methyl/N-ethyl adjacent to an activating group) is 1. The van der Waals surface area contributed by atoms with Gasteiger partial charge in [0.15, 0.2) is 0 Å². The highest BCUT2D eigenvalue weighted by Gasteiger charge is 2.14. The van der Waals surface area contributed by atoms with E-state index in [0.29, 0.717) is 6.04 Å². The Morgan fingerprint density at radius 2 is 2.06 bits per heavy atom. The Morgan fingerprint density at radius 3 is 2.59 bits per heavy atom. The molecule has 1 aromatic carbocycles. The summed E-state index contributed by atoms with van der Waals surface area (Å²) in [5.74, 6) is 0. The lowest BCUT2D eigenvalue weighted by Gasteiger charge is -2.14. The van der Waals surface area contributed by atoms with E-state index in [0.717, 1.165) is 15.2 Å². The average molecular weight is 331 g/mol. The Balaban J connectivity index is 2.17. The van der Waals surface area contributed by atoms with Crippen molar-refractivity contribution in [1.82, 2.24) is 5.32 Å². The fraction of sp³-hybridized carbons (Fsp3) is 0.231. The molecule has 0 saturated heterocycles. The van der Waals surface area contributed by atoms with E-state index in [-0.39, 0.29) is 0 Å². The Morgan fingerprint density at radius 1 is 1.35 bits per heavy atom. The third kappa shape index (κ3) is 3.32. The van der Waals surface area contributed by atoms with E-state index in [4.69, 9.17) is 11.6 Å². The number of hydrogen-bond acceptors (Lipinski definition) is 2. The van der Waals surface area contributed by atoms with Gasteiger partial charge in [0.25, 0.3) is 0 Å². The van der Waals surface area contributed by atoms with Crippen LogP contribution >= 0.6 is 38.9 Å². The number of thiophene rings is 1. The molecule has 0 spiro atoms. The Labute approximate surface area is 119 Å². The van der Waals surface area contributed by atoms with Crippen LogP contribution in [0.5, 0.6) is 0 Å². The molecule has 2 aromatic rings. The van der Waals surface area contributed by atoms with Gasteiger partial charge < -0.3 is 5.32 Å². The van der Waals surface area contributed by atoms with Gasteiger partial charge in [0, 0.05) is 10.9 Å². The molecule has 2 rings (SSSR count). The minimum atomic E-state index is 0.311. The molecule has 90 valence electrons. The van der Waals surface area contributed by atoms with E-state index in [1.807, 2.05) is 19.2 Å². The highest BCUT2D eigenvalue weighted by atomic mass is 79.9. The van der Waals surface area contributed by atoms with Crippen LogP contribution in [0.4, 0.5) is 0 Å². The van der Waals surface area contributed by atoms with Gasteiger partial charge in [0.1, 0.15) is 0 Å². The maximum atomic E-state index is 6.07. The quantitative estimate of drug-likeness (QED) is 0.859. The van der Waals surface area contributed by atoms with E-state index >= 15 is 0 Å². The van der Waals surface area contributed by atoms with E-state index < -0.39 is 0 Å². The summed E-state index contributed by atoms with van der Waals surface area (Å²) in [4.78, 5) is 1.26. The number of nitrogens with one attached hydrogen (secondary N) is 1. The molecule has 1 nitrogen and oxygen atoms in total. The van der Waals surface area contributed by atoms with Crippen LogP contribution in [0, 0.1) is 0 Å². The molecule has 0 saturated carbocycles. The first-order valence-corrected chi connectivity index (χ1v) is 7.35. The molecule has 4 heteroatoms. The molecule has 0 aliphatic carbocycles. The zero-order chi connectivity index (χ0) is 12.3. The first-order chi connectivity index (χ1) is 8.20. The predicted molar refractivity (Wildman–Crippen MR) is 79.0 cm³/mol. The number of halogens is 2. The molecule has 1 aromatic heterocycles. The predicted octanol–water partition coefficient (Wildman–Crippen LogP) is 4.67. The van der Waals surface area contributed by atoms with Gasteiger partial charge in [-0.25, -0.2) is 0 Å². The van der Waals surface area contributed by atoms with Gasteiger partial charge in [-0.3, -0.25) is 0 Å². The van der Waals surface area contributed by atoms with Crippen molar-refractivity contribution in [3.63, 3.8) is 0 Å². The molecule has 0 aliphatic rings. The molecular weight excluding hydrogens is 318 g/mol. The second kappa shape index (κ2) is 6.01. The zero-order valence-electron chi connectivity index (χ0n) is 9.41. The highest BCUT2D eigenvalue weighted by Crippen LogP contribution is 2.36. The Kier molecular flexibility index (Phi) is 4.62. The van der Waals surface area contributed by atoms with Gasteiger partial charge in [-0.1, -0.05) is 41.9 Å². The smallest absolute Gasteiger partial charge is 0.0887 e. The molecule has 1 heterocycles. The van der Waals surface area contributed by atoms with Crippen molar-refractivity contribution in [3.05, 3.63) is 55.6 Å². The average Bonchev–Trinajstić information content (AvgIpc) is 2.68. The van der Waals surface area contributed by atoms with Gasteiger partial charge in [-0.05, 0) is 41.0 Å². The molecule has 0 aliphatic heterocycles. The van der Waals surface area contributed by atoms with Crippen LogP contribution in [-0.4, -0.2) is 7.05 Å². The van der Waals surface area contributed by atoms with Crippen LogP contribution in [0.3, 0.4) is 0 Å². The molecule has 1 unspecified atom stereocenters. The van der Waals surface area contributed by atoms with E-state index in [1.54, 1.807) is 11.3 Å². The summed E-state index contributed by atoms with van der Waals surface area (Å²) in [7, 11) is 1.98. The highest BCUT2D eigenvalue weighted by molar-refractivity contribution is 9.11. The summed E-state index contributed by atoms with van der Waals surface area (Å²) in [5.41, 5.74) is 1.33. The molecule has 0 radical (unpaired) electrons. The van der Waals surface area contributed by atoms with Crippen LogP contribution in [0.25, 0.3) is 0 Å². The van der Waals surface area contributed by atoms with Crippen molar-refractivity contribution < 1.29 is 0 Å².